The van der Waals surface area contributed by atoms with Gasteiger partial charge in [-0.2, -0.15) is 5.26 Å². The van der Waals surface area contributed by atoms with Gasteiger partial charge in [0.1, 0.15) is 29.7 Å². The van der Waals surface area contributed by atoms with Crippen LogP contribution in [-0.2, 0) is 14.3 Å². The Morgan fingerprint density at radius 1 is 0.797 bits per heavy atom. The first-order valence-electron chi connectivity index (χ1n) is 20.6. The summed E-state index contributed by atoms with van der Waals surface area (Å²) in [5.41, 5.74) is 3.89. The monoisotopic (exact) mass is 801 g/mol. The Hall–Kier alpha value is -5.74. The standard InChI is InChI=1S/C46H51N5O8/c1-25-19-31(20-26(2)36(25)24-47)59-44-45(3,4)43(46(44,5)6)49-39(53)27-7-9-28(10-8-27)50-17-15-29(16-18-50)57-32-21-33(22-32)58-30-11-12-34-35(23-30)42(56)51(41(34)55)37-13-14-38(52)48-40(37)54/h7-12,19-20,23,29,32-33,37,43-44H,13-18,21-22H2,1-6H3,(H,49,53)(H,48,52,54). The molecule has 308 valence electrons. The van der Waals surface area contributed by atoms with Crippen LogP contribution in [0, 0.1) is 36.0 Å². The molecule has 8 rings (SSSR count). The lowest BCUT2D eigenvalue weighted by Gasteiger charge is -2.63. The van der Waals surface area contributed by atoms with Crippen molar-refractivity contribution in [1.82, 2.24) is 15.5 Å². The molecule has 5 amide bonds. The van der Waals surface area contributed by atoms with Crippen molar-refractivity contribution in [2.75, 3.05) is 18.0 Å². The van der Waals surface area contributed by atoms with E-state index in [2.05, 4.69) is 49.3 Å². The van der Waals surface area contributed by atoms with Crippen molar-refractivity contribution in [2.24, 2.45) is 10.8 Å². The van der Waals surface area contributed by atoms with Crippen LogP contribution in [0.3, 0.4) is 0 Å². The molecule has 1 atom stereocenters. The molecule has 0 radical (unpaired) electrons. The Balaban J connectivity index is 0.778. The highest BCUT2D eigenvalue weighted by Crippen LogP contribution is 2.55. The predicted molar refractivity (Wildman–Crippen MR) is 217 cm³/mol. The van der Waals surface area contributed by atoms with Crippen LogP contribution in [0.5, 0.6) is 11.5 Å². The lowest BCUT2D eigenvalue weighted by atomic mass is 9.49. The number of hydrogen-bond donors (Lipinski definition) is 2. The summed E-state index contributed by atoms with van der Waals surface area (Å²) in [6.45, 7) is 14.0. The number of carbonyl (C=O) groups is 5. The van der Waals surface area contributed by atoms with E-state index in [0.717, 1.165) is 66.2 Å². The molecule has 3 aliphatic heterocycles. The molecule has 3 aromatic carbocycles. The van der Waals surface area contributed by atoms with Crippen LogP contribution in [0.4, 0.5) is 5.69 Å². The van der Waals surface area contributed by atoms with E-state index < -0.39 is 29.7 Å². The maximum atomic E-state index is 13.5. The SMILES string of the molecule is Cc1cc(OC2C(C)(C)C(NC(=O)c3ccc(N4CCC(OC5CC(Oc6ccc7c(c6)C(=O)N(C6CCC(=O)NC6=O)C7=O)C5)CC4)cc3)C2(C)C)cc(C)c1C#N. The van der Waals surface area contributed by atoms with Gasteiger partial charge in [-0.15, -0.1) is 0 Å². The molecule has 0 spiro atoms. The lowest BCUT2D eigenvalue weighted by molar-refractivity contribution is -0.164. The van der Waals surface area contributed by atoms with Crippen molar-refractivity contribution in [1.29, 1.82) is 5.26 Å². The first-order chi connectivity index (χ1) is 28.0. The van der Waals surface area contributed by atoms with Gasteiger partial charge in [-0.3, -0.25) is 34.2 Å². The Morgan fingerprint density at radius 2 is 1.44 bits per heavy atom. The second-order valence-electron chi connectivity index (χ2n) is 17.9. The number of fused-ring (bicyclic) bond motifs is 1. The van der Waals surface area contributed by atoms with E-state index in [9.17, 15) is 29.2 Å². The molecule has 0 bridgehead atoms. The van der Waals surface area contributed by atoms with Gasteiger partial charge in [0.05, 0.1) is 35.0 Å². The van der Waals surface area contributed by atoms with Crippen molar-refractivity contribution in [3.63, 3.8) is 0 Å². The molecule has 13 heteroatoms. The van der Waals surface area contributed by atoms with Crippen molar-refractivity contribution < 1.29 is 38.2 Å². The molecule has 1 unspecified atom stereocenters. The first kappa shape index (κ1) is 40.1. The topological polar surface area (TPSA) is 167 Å². The number of anilines is 1. The van der Waals surface area contributed by atoms with Crippen LogP contribution in [0.25, 0.3) is 0 Å². The third-order valence-corrected chi connectivity index (χ3v) is 13.1. The normalized spacial score (nSPS) is 25.9. The quantitative estimate of drug-likeness (QED) is 0.240. The van der Waals surface area contributed by atoms with Crippen molar-refractivity contribution in [2.45, 2.75) is 117 Å². The molecule has 4 fully saturated rings. The van der Waals surface area contributed by atoms with Gasteiger partial charge in [0.15, 0.2) is 0 Å². The highest BCUT2D eigenvalue weighted by Gasteiger charge is 2.64. The van der Waals surface area contributed by atoms with Gasteiger partial charge >= 0.3 is 0 Å². The van der Waals surface area contributed by atoms with E-state index in [-0.39, 0.29) is 71.2 Å². The minimum atomic E-state index is -1.01. The summed E-state index contributed by atoms with van der Waals surface area (Å²) in [7, 11) is 0. The zero-order valence-electron chi connectivity index (χ0n) is 34.4. The van der Waals surface area contributed by atoms with Crippen LogP contribution in [0.2, 0.25) is 0 Å². The van der Waals surface area contributed by atoms with E-state index in [1.54, 1.807) is 18.2 Å². The number of carbonyl (C=O) groups excluding carboxylic acids is 5. The number of imide groups is 2. The van der Waals surface area contributed by atoms with E-state index in [1.165, 1.54) is 0 Å². The average molecular weight is 802 g/mol. The van der Waals surface area contributed by atoms with Crippen molar-refractivity contribution in [3.8, 4) is 17.6 Å². The van der Waals surface area contributed by atoms with Crippen LogP contribution in [0.15, 0.2) is 54.6 Å². The minimum absolute atomic E-state index is 0.0682. The van der Waals surface area contributed by atoms with Crippen LogP contribution in [-0.4, -0.2) is 84.0 Å². The van der Waals surface area contributed by atoms with Gasteiger partial charge < -0.3 is 24.4 Å². The number of nitrogens with one attached hydrogen (secondary N) is 2. The van der Waals surface area contributed by atoms with Crippen LogP contribution in [0.1, 0.15) is 114 Å². The van der Waals surface area contributed by atoms with Crippen LogP contribution < -0.4 is 25.0 Å². The van der Waals surface area contributed by atoms with E-state index in [1.807, 2.05) is 50.2 Å². The second-order valence-corrected chi connectivity index (χ2v) is 17.9. The van der Waals surface area contributed by atoms with Gasteiger partial charge in [0, 0.05) is 60.5 Å². The molecule has 59 heavy (non-hydrogen) atoms. The fourth-order valence-electron chi connectivity index (χ4n) is 10.1. The van der Waals surface area contributed by atoms with Gasteiger partial charge in [-0.1, -0.05) is 27.7 Å². The summed E-state index contributed by atoms with van der Waals surface area (Å²) < 4.78 is 19.1. The number of benzene rings is 3. The molecule has 2 saturated heterocycles. The molecule has 5 aliphatic rings. The van der Waals surface area contributed by atoms with Crippen molar-refractivity contribution in [3.05, 3.63) is 88.0 Å². The molecule has 2 N–H and O–H groups in total. The smallest absolute Gasteiger partial charge is 0.262 e. The van der Waals surface area contributed by atoms with E-state index in [4.69, 9.17) is 14.2 Å². The number of piperidine rings is 2. The largest absolute Gasteiger partial charge is 0.490 e. The second kappa shape index (κ2) is 15.1. The Morgan fingerprint density at radius 3 is 2.07 bits per heavy atom. The zero-order chi connectivity index (χ0) is 42.0. The molecular weight excluding hydrogens is 751 g/mol. The number of rotatable bonds is 10. The molecule has 2 aliphatic carbocycles. The number of nitriles is 1. The number of nitrogens with zero attached hydrogens (tertiary/aromatic N) is 3. The third kappa shape index (κ3) is 7.32. The Labute approximate surface area is 344 Å². The van der Waals surface area contributed by atoms with E-state index >= 15 is 0 Å². The maximum Gasteiger partial charge on any atom is 0.262 e. The maximum absolute atomic E-state index is 13.5. The van der Waals surface area contributed by atoms with Gasteiger partial charge in [-0.25, -0.2) is 0 Å². The number of ether oxygens (including phenoxy) is 3. The minimum Gasteiger partial charge on any atom is -0.490 e. The van der Waals surface area contributed by atoms with Gasteiger partial charge in [-0.05, 0) is 98.8 Å². The summed E-state index contributed by atoms with van der Waals surface area (Å²) in [4.78, 5) is 66.9. The highest BCUT2D eigenvalue weighted by molar-refractivity contribution is 6.23. The molecule has 3 aromatic rings. The fourth-order valence-corrected chi connectivity index (χ4v) is 10.1. The van der Waals surface area contributed by atoms with Crippen molar-refractivity contribution >= 4 is 35.2 Å². The Bertz CT molecular complexity index is 2230. The van der Waals surface area contributed by atoms with Gasteiger partial charge in [0.2, 0.25) is 11.8 Å². The highest BCUT2D eigenvalue weighted by atomic mass is 16.5. The van der Waals surface area contributed by atoms with Gasteiger partial charge in [0.25, 0.3) is 17.7 Å². The molecule has 0 aromatic heterocycles. The number of amides is 5. The van der Waals surface area contributed by atoms with Crippen LogP contribution >= 0.6 is 0 Å². The summed E-state index contributed by atoms with van der Waals surface area (Å²) in [5.74, 6) is -1.05. The average Bonchev–Trinajstić information content (AvgIpc) is 3.43. The summed E-state index contributed by atoms with van der Waals surface area (Å²) in [6.07, 6.45) is 3.37. The fraction of sp³-hybridized carbons (Fsp3) is 0.478. The molecule has 2 saturated carbocycles. The Kier molecular flexibility index (Phi) is 10.3. The number of hydrogen-bond acceptors (Lipinski definition) is 10. The molecular formula is C46H51N5O8. The number of aryl methyl sites for hydroxylation is 2. The molecule has 3 heterocycles. The van der Waals surface area contributed by atoms with E-state index in [0.29, 0.717) is 16.9 Å². The lowest BCUT2D eigenvalue weighted by Crippen LogP contribution is -2.74. The summed E-state index contributed by atoms with van der Waals surface area (Å²) in [6, 6.07) is 17.6. The summed E-state index contributed by atoms with van der Waals surface area (Å²) >= 11 is 0. The zero-order valence-corrected chi connectivity index (χ0v) is 34.4. The first-order valence-corrected chi connectivity index (χ1v) is 20.6. The summed E-state index contributed by atoms with van der Waals surface area (Å²) in [5, 5.41) is 15.0. The molecule has 13 nitrogen and oxygen atoms in total. The third-order valence-electron chi connectivity index (χ3n) is 13.1. The predicted octanol–water partition coefficient (Wildman–Crippen LogP) is 5.78.